The molecular formula is C13H18F2N2S. The van der Waals surface area contributed by atoms with E-state index in [0.29, 0.717) is 17.0 Å². The van der Waals surface area contributed by atoms with Crippen molar-refractivity contribution in [1.82, 2.24) is 0 Å². The lowest BCUT2D eigenvalue weighted by atomic mass is 9.59. The van der Waals surface area contributed by atoms with Crippen LogP contribution in [0, 0.1) is 28.6 Å². The third kappa shape index (κ3) is 1.73. The van der Waals surface area contributed by atoms with E-state index in [2.05, 4.69) is 6.07 Å². The average molecular weight is 272 g/mol. The molecule has 2 nitrogen and oxygen atoms in total. The molecule has 0 spiro atoms. The van der Waals surface area contributed by atoms with Crippen LogP contribution in [0.1, 0.15) is 33.6 Å². The quantitative estimate of drug-likeness (QED) is 0.794. The van der Waals surface area contributed by atoms with Gasteiger partial charge in [-0.3, -0.25) is 0 Å². The highest BCUT2D eigenvalue weighted by Gasteiger charge is 2.60. The Morgan fingerprint density at radius 2 is 2.06 bits per heavy atom. The number of halogens is 2. The van der Waals surface area contributed by atoms with Crippen molar-refractivity contribution in [2.75, 3.05) is 0 Å². The van der Waals surface area contributed by atoms with Crippen LogP contribution in [-0.4, -0.2) is 11.2 Å². The highest BCUT2D eigenvalue weighted by Crippen LogP contribution is 2.61. The Kier molecular flexibility index (Phi) is 3.13. The lowest BCUT2D eigenvalue weighted by Crippen LogP contribution is -2.50. The van der Waals surface area contributed by atoms with Gasteiger partial charge >= 0.3 is 0 Å². The summed E-state index contributed by atoms with van der Waals surface area (Å²) in [6.07, 6.45) is 0.333. The summed E-state index contributed by atoms with van der Waals surface area (Å²) in [4.78, 5) is 0. The molecule has 1 heterocycles. The first kappa shape index (κ1) is 13.7. The lowest BCUT2D eigenvalue weighted by molar-refractivity contribution is -0.0871. The molecule has 2 aliphatic rings. The van der Waals surface area contributed by atoms with Gasteiger partial charge in [-0.05, 0) is 17.8 Å². The fourth-order valence-electron chi connectivity index (χ4n) is 3.08. The molecule has 1 aliphatic carbocycles. The monoisotopic (exact) mass is 272 g/mol. The summed E-state index contributed by atoms with van der Waals surface area (Å²) in [7, 11) is 0. The van der Waals surface area contributed by atoms with Gasteiger partial charge in [-0.15, -0.1) is 0 Å². The fraction of sp³-hybridized carbons (Fsp3) is 0.769. The molecule has 1 fully saturated rings. The van der Waals surface area contributed by atoms with Gasteiger partial charge in [0, 0.05) is 12.3 Å². The van der Waals surface area contributed by atoms with Gasteiger partial charge in [-0.2, -0.15) is 5.26 Å². The number of fused-ring (bicyclic) bond motifs is 1. The van der Waals surface area contributed by atoms with E-state index in [1.165, 1.54) is 0 Å². The molecule has 18 heavy (non-hydrogen) atoms. The van der Waals surface area contributed by atoms with Crippen LogP contribution in [-0.2, 0) is 0 Å². The summed E-state index contributed by atoms with van der Waals surface area (Å²) in [5.74, 6) is -2.90. The molecule has 0 bridgehead atoms. The van der Waals surface area contributed by atoms with Crippen molar-refractivity contribution >= 4 is 11.8 Å². The average Bonchev–Trinajstić information content (AvgIpc) is 2.63. The van der Waals surface area contributed by atoms with E-state index in [4.69, 9.17) is 5.73 Å². The van der Waals surface area contributed by atoms with Crippen LogP contribution in [0.2, 0.25) is 0 Å². The van der Waals surface area contributed by atoms with E-state index >= 15 is 0 Å². The number of hydrogen-bond donors (Lipinski definition) is 1. The number of alkyl halides is 2. The van der Waals surface area contributed by atoms with E-state index < -0.39 is 17.1 Å². The molecule has 1 aliphatic heterocycles. The molecule has 3 unspecified atom stereocenters. The molecule has 0 aromatic heterocycles. The Morgan fingerprint density at radius 3 is 2.56 bits per heavy atom. The zero-order chi connectivity index (χ0) is 13.7. The van der Waals surface area contributed by atoms with Crippen molar-refractivity contribution < 1.29 is 8.78 Å². The third-order valence-corrected chi connectivity index (χ3v) is 6.04. The number of hydrogen-bond acceptors (Lipinski definition) is 3. The maximum absolute atomic E-state index is 14.0. The van der Waals surface area contributed by atoms with Crippen molar-refractivity contribution in [3.63, 3.8) is 0 Å². The Balaban J connectivity index is 2.50. The highest BCUT2D eigenvalue weighted by atomic mass is 32.2. The van der Waals surface area contributed by atoms with Gasteiger partial charge in [0.25, 0.3) is 5.92 Å². The van der Waals surface area contributed by atoms with E-state index in [9.17, 15) is 14.0 Å². The second-order valence-corrected chi connectivity index (χ2v) is 7.01. The van der Waals surface area contributed by atoms with Gasteiger partial charge in [-0.25, -0.2) is 8.78 Å². The Morgan fingerprint density at radius 1 is 1.44 bits per heavy atom. The zero-order valence-electron chi connectivity index (χ0n) is 10.8. The van der Waals surface area contributed by atoms with Gasteiger partial charge in [0.2, 0.25) is 0 Å². The molecule has 0 saturated heterocycles. The minimum Gasteiger partial charge on any atom is -0.393 e. The van der Waals surface area contributed by atoms with Crippen molar-refractivity contribution in [2.45, 2.75) is 44.8 Å². The molecule has 0 amide bonds. The second kappa shape index (κ2) is 4.12. The molecule has 0 aromatic rings. The van der Waals surface area contributed by atoms with Crippen LogP contribution in [0.5, 0.6) is 0 Å². The summed E-state index contributed by atoms with van der Waals surface area (Å²) < 4.78 is 28.1. The van der Waals surface area contributed by atoms with Gasteiger partial charge in [0.15, 0.2) is 0 Å². The van der Waals surface area contributed by atoms with Crippen molar-refractivity contribution in [3.8, 4) is 6.07 Å². The standard InChI is InChI=1S/C13H18F2N2S/c1-7(2)12(3)4-5-13(14,15)10-9(12)8(6-16)11(17)18-10/h7,9-10H,4-5,17H2,1-3H3. The summed E-state index contributed by atoms with van der Waals surface area (Å²) >= 11 is 0.994. The molecule has 1 saturated carbocycles. The predicted molar refractivity (Wildman–Crippen MR) is 68.8 cm³/mol. The van der Waals surface area contributed by atoms with Crippen LogP contribution in [0.25, 0.3) is 0 Å². The smallest absolute Gasteiger partial charge is 0.260 e. The first-order valence-corrected chi connectivity index (χ1v) is 7.06. The van der Waals surface area contributed by atoms with Gasteiger partial charge in [0.1, 0.15) is 0 Å². The fourth-order valence-corrected chi connectivity index (χ4v) is 4.53. The Labute approximate surface area is 111 Å². The number of nitriles is 1. The topological polar surface area (TPSA) is 49.8 Å². The van der Waals surface area contributed by atoms with Crippen molar-refractivity contribution in [1.29, 1.82) is 5.26 Å². The minimum atomic E-state index is -2.73. The summed E-state index contributed by atoms with van der Waals surface area (Å²) in [6, 6.07) is 2.06. The largest absolute Gasteiger partial charge is 0.393 e. The summed E-state index contributed by atoms with van der Waals surface area (Å²) in [5, 5.41) is 8.64. The first-order chi connectivity index (χ1) is 8.24. The second-order valence-electron chi connectivity index (χ2n) is 5.83. The van der Waals surface area contributed by atoms with Crippen molar-refractivity contribution in [2.24, 2.45) is 23.0 Å². The molecule has 2 N–H and O–H groups in total. The SMILES string of the molecule is CC(C)C1(C)CCC(F)(F)C2SC(N)=C(C#N)C21. The number of nitrogens with zero attached hydrogens (tertiary/aromatic N) is 1. The number of rotatable bonds is 1. The van der Waals surface area contributed by atoms with E-state index in [1.807, 2.05) is 20.8 Å². The molecule has 0 radical (unpaired) electrons. The molecule has 2 rings (SSSR count). The van der Waals surface area contributed by atoms with Crippen LogP contribution in [0.4, 0.5) is 8.78 Å². The number of nitrogens with two attached hydrogens (primary N) is 1. The van der Waals surface area contributed by atoms with E-state index in [-0.39, 0.29) is 17.8 Å². The maximum Gasteiger partial charge on any atom is 0.260 e. The first-order valence-electron chi connectivity index (χ1n) is 6.18. The summed E-state index contributed by atoms with van der Waals surface area (Å²) in [5.41, 5.74) is 5.88. The molecule has 3 atom stereocenters. The number of allylic oxidation sites excluding steroid dienone is 1. The maximum atomic E-state index is 14.0. The van der Waals surface area contributed by atoms with Gasteiger partial charge in [0.05, 0.1) is 21.9 Å². The molecular weight excluding hydrogens is 254 g/mol. The predicted octanol–water partition coefficient (Wildman–Crippen LogP) is 3.50. The zero-order valence-corrected chi connectivity index (χ0v) is 11.7. The number of thioether (sulfide) groups is 1. The molecule has 5 heteroatoms. The van der Waals surface area contributed by atoms with Crippen molar-refractivity contribution in [3.05, 3.63) is 10.6 Å². The normalized spacial score (nSPS) is 38.7. The van der Waals surface area contributed by atoms with Gasteiger partial charge < -0.3 is 5.73 Å². The highest BCUT2D eigenvalue weighted by molar-refractivity contribution is 8.04. The van der Waals surface area contributed by atoms with Crippen LogP contribution < -0.4 is 5.73 Å². The third-order valence-electron chi connectivity index (χ3n) is 4.70. The Hall–Kier alpha value is -0.760. The molecule has 0 aromatic carbocycles. The lowest BCUT2D eigenvalue weighted by Gasteiger charge is -2.48. The van der Waals surface area contributed by atoms with E-state index in [0.717, 1.165) is 11.8 Å². The van der Waals surface area contributed by atoms with Gasteiger partial charge in [-0.1, -0.05) is 32.5 Å². The molecule has 100 valence electrons. The van der Waals surface area contributed by atoms with Crippen LogP contribution in [0.3, 0.4) is 0 Å². The minimum absolute atomic E-state index is 0.109. The van der Waals surface area contributed by atoms with Crippen LogP contribution in [0.15, 0.2) is 10.6 Å². The van der Waals surface area contributed by atoms with E-state index in [1.54, 1.807) is 0 Å². The Bertz CT molecular complexity index is 439. The van der Waals surface area contributed by atoms with Crippen LogP contribution >= 0.6 is 11.8 Å². The summed E-state index contributed by atoms with van der Waals surface area (Å²) in [6.45, 7) is 6.09.